The zero-order chi connectivity index (χ0) is 12.3. The highest BCUT2D eigenvalue weighted by Gasteiger charge is 2.02. The normalized spacial score (nSPS) is 11.9. The van der Waals surface area contributed by atoms with E-state index in [-0.39, 0.29) is 12.4 Å². The van der Waals surface area contributed by atoms with E-state index in [1.165, 1.54) is 19.3 Å². The Morgan fingerprint density at radius 2 is 1.50 bits per heavy atom. The van der Waals surface area contributed by atoms with Crippen molar-refractivity contribution < 1.29 is 17.7 Å². The van der Waals surface area contributed by atoms with Gasteiger partial charge in [0.25, 0.3) is 10.1 Å². The van der Waals surface area contributed by atoms with E-state index in [2.05, 4.69) is 0 Å². The third-order valence-electron chi connectivity index (χ3n) is 2.16. The number of unbranched alkanes of at least 4 members (excludes halogenated alkanes) is 5. The summed E-state index contributed by atoms with van der Waals surface area (Å²) in [5.41, 5.74) is 0. The SMILES string of the molecule is O=S(=O)(O)CCOCCCCCCCCCl. The number of hydrogen-bond acceptors (Lipinski definition) is 3. The van der Waals surface area contributed by atoms with Crippen LogP contribution in [0.1, 0.15) is 38.5 Å². The minimum atomic E-state index is -3.87. The molecule has 0 bridgehead atoms. The van der Waals surface area contributed by atoms with Crippen LogP contribution in [0, 0.1) is 0 Å². The monoisotopic (exact) mass is 272 g/mol. The molecule has 0 aromatic rings. The Hall–Kier alpha value is 0.160. The van der Waals surface area contributed by atoms with Crippen molar-refractivity contribution in [3.63, 3.8) is 0 Å². The molecule has 16 heavy (non-hydrogen) atoms. The van der Waals surface area contributed by atoms with Gasteiger partial charge in [-0.2, -0.15) is 8.42 Å². The first-order valence-electron chi connectivity index (χ1n) is 5.65. The fraction of sp³-hybridized carbons (Fsp3) is 1.00. The average molecular weight is 273 g/mol. The summed E-state index contributed by atoms with van der Waals surface area (Å²) in [6, 6.07) is 0. The number of alkyl halides is 1. The fourth-order valence-corrected chi connectivity index (χ4v) is 1.79. The van der Waals surface area contributed by atoms with E-state index in [9.17, 15) is 8.42 Å². The molecule has 0 aliphatic rings. The second kappa shape index (κ2) is 10.3. The van der Waals surface area contributed by atoms with Crippen molar-refractivity contribution >= 4 is 21.7 Å². The minimum Gasteiger partial charge on any atom is -0.380 e. The van der Waals surface area contributed by atoms with Crippen molar-refractivity contribution in [3.8, 4) is 0 Å². The molecule has 0 spiro atoms. The number of rotatable bonds is 11. The highest BCUT2D eigenvalue weighted by Crippen LogP contribution is 2.06. The summed E-state index contributed by atoms with van der Waals surface area (Å²) in [4.78, 5) is 0. The van der Waals surface area contributed by atoms with Crippen molar-refractivity contribution in [2.45, 2.75) is 38.5 Å². The molecule has 0 heterocycles. The van der Waals surface area contributed by atoms with Crippen LogP contribution >= 0.6 is 11.6 Å². The lowest BCUT2D eigenvalue weighted by molar-refractivity contribution is 0.143. The quantitative estimate of drug-likeness (QED) is 0.357. The maximum absolute atomic E-state index is 10.3. The van der Waals surface area contributed by atoms with Gasteiger partial charge in [-0.05, 0) is 12.8 Å². The Bertz CT molecular complexity index is 241. The molecule has 0 unspecified atom stereocenters. The maximum atomic E-state index is 10.3. The Morgan fingerprint density at radius 1 is 0.938 bits per heavy atom. The summed E-state index contributed by atoms with van der Waals surface area (Å²) >= 11 is 5.55. The Labute approximate surface area is 103 Å². The molecule has 0 saturated heterocycles. The molecule has 0 rings (SSSR count). The Balaban J connectivity index is 3.05. The average Bonchev–Trinajstić information content (AvgIpc) is 2.19. The summed E-state index contributed by atoms with van der Waals surface area (Å²) in [7, 11) is -3.87. The second-order valence-corrected chi connectivity index (χ2v) is 5.66. The second-order valence-electron chi connectivity index (χ2n) is 3.71. The molecule has 98 valence electrons. The van der Waals surface area contributed by atoms with Gasteiger partial charge in [0.15, 0.2) is 0 Å². The zero-order valence-electron chi connectivity index (χ0n) is 9.53. The van der Waals surface area contributed by atoms with Crippen molar-refractivity contribution in [2.75, 3.05) is 24.8 Å². The van der Waals surface area contributed by atoms with Gasteiger partial charge in [0, 0.05) is 12.5 Å². The van der Waals surface area contributed by atoms with E-state index in [4.69, 9.17) is 20.9 Å². The first-order valence-corrected chi connectivity index (χ1v) is 7.79. The lowest BCUT2D eigenvalue weighted by atomic mass is 10.1. The van der Waals surface area contributed by atoms with Gasteiger partial charge in [-0.25, -0.2) is 0 Å². The molecule has 4 nitrogen and oxygen atoms in total. The summed E-state index contributed by atoms with van der Waals surface area (Å²) < 4.78 is 34.2. The van der Waals surface area contributed by atoms with Gasteiger partial charge in [0.05, 0.1) is 12.4 Å². The standard InChI is InChI=1S/C10H21ClO4S/c11-7-5-3-1-2-4-6-8-15-9-10-16(12,13)14/h1-10H2,(H,12,13,14). The third-order valence-corrected chi connectivity index (χ3v) is 3.11. The van der Waals surface area contributed by atoms with Crippen molar-refractivity contribution in [3.05, 3.63) is 0 Å². The van der Waals surface area contributed by atoms with Crippen LogP contribution in [0.15, 0.2) is 0 Å². The molecule has 0 radical (unpaired) electrons. The van der Waals surface area contributed by atoms with E-state index in [1.54, 1.807) is 0 Å². The van der Waals surface area contributed by atoms with E-state index in [0.29, 0.717) is 6.61 Å². The van der Waals surface area contributed by atoms with Crippen LogP contribution in [0.3, 0.4) is 0 Å². The van der Waals surface area contributed by atoms with Crippen LogP contribution in [0.4, 0.5) is 0 Å². The molecule has 0 aromatic carbocycles. The van der Waals surface area contributed by atoms with Crippen LogP contribution < -0.4 is 0 Å². The zero-order valence-corrected chi connectivity index (χ0v) is 11.1. The topological polar surface area (TPSA) is 63.6 Å². The Morgan fingerprint density at radius 3 is 2.06 bits per heavy atom. The van der Waals surface area contributed by atoms with Gasteiger partial charge in [-0.1, -0.05) is 25.7 Å². The van der Waals surface area contributed by atoms with Crippen LogP contribution in [0.2, 0.25) is 0 Å². The first-order chi connectivity index (χ1) is 7.56. The van der Waals surface area contributed by atoms with Crippen LogP contribution in [0.25, 0.3) is 0 Å². The smallest absolute Gasteiger partial charge is 0.267 e. The number of ether oxygens (including phenoxy) is 1. The summed E-state index contributed by atoms with van der Waals surface area (Å²) in [5, 5.41) is 0. The van der Waals surface area contributed by atoms with Gasteiger partial charge >= 0.3 is 0 Å². The number of halogens is 1. The van der Waals surface area contributed by atoms with Crippen molar-refractivity contribution in [1.29, 1.82) is 0 Å². The van der Waals surface area contributed by atoms with Crippen LogP contribution in [0.5, 0.6) is 0 Å². The predicted molar refractivity (Wildman–Crippen MR) is 65.7 cm³/mol. The lowest BCUT2D eigenvalue weighted by Crippen LogP contribution is -2.11. The van der Waals surface area contributed by atoms with Gasteiger partial charge in [0.1, 0.15) is 0 Å². The van der Waals surface area contributed by atoms with Crippen LogP contribution in [-0.4, -0.2) is 37.8 Å². The molecule has 0 amide bonds. The van der Waals surface area contributed by atoms with E-state index in [0.717, 1.165) is 25.1 Å². The molecule has 0 aromatic heterocycles. The number of hydrogen-bond donors (Lipinski definition) is 1. The van der Waals surface area contributed by atoms with Crippen LogP contribution in [-0.2, 0) is 14.9 Å². The molecule has 0 fully saturated rings. The maximum Gasteiger partial charge on any atom is 0.267 e. The highest BCUT2D eigenvalue weighted by molar-refractivity contribution is 7.85. The van der Waals surface area contributed by atoms with E-state index < -0.39 is 10.1 Å². The molecular weight excluding hydrogens is 252 g/mol. The molecule has 0 aliphatic heterocycles. The summed E-state index contributed by atoms with van der Waals surface area (Å²) in [5.74, 6) is 0.418. The van der Waals surface area contributed by atoms with Crippen molar-refractivity contribution in [2.24, 2.45) is 0 Å². The van der Waals surface area contributed by atoms with E-state index >= 15 is 0 Å². The lowest BCUT2D eigenvalue weighted by Gasteiger charge is -2.03. The predicted octanol–water partition coefficient (Wildman–Crippen LogP) is 2.47. The summed E-state index contributed by atoms with van der Waals surface area (Å²) in [6.07, 6.45) is 6.64. The molecule has 0 atom stereocenters. The highest BCUT2D eigenvalue weighted by atomic mass is 35.5. The minimum absolute atomic E-state index is 0.0745. The third kappa shape index (κ3) is 14.2. The van der Waals surface area contributed by atoms with Gasteiger partial charge in [-0.3, -0.25) is 4.55 Å². The Kier molecular flexibility index (Phi) is 10.4. The molecule has 6 heteroatoms. The van der Waals surface area contributed by atoms with Gasteiger partial charge in [0.2, 0.25) is 0 Å². The van der Waals surface area contributed by atoms with Gasteiger partial charge in [-0.15, -0.1) is 11.6 Å². The van der Waals surface area contributed by atoms with E-state index in [1.807, 2.05) is 0 Å². The van der Waals surface area contributed by atoms with Gasteiger partial charge < -0.3 is 4.74 Å². The fourth-order valence-electron chi connectivity index (χ4n) is 1.27. The molecule has 0 aliphatic carbocycles. The largest absolute Gasteiger partial charge is 0.380 e. The summed E-state index contributed by atoms with van der Waals surface area (Å²) in [6.45, 7) is 0.635. The molecular formula is C10H21ClO4S. The first kappa shape index (κ1) is 16.2. The van der Waals surface area contributed by atoms with Crippen molar-refractivity contribution in [1.82, 2.24) is 0 Å². The molecule has 1 N–H and O–H groups in total. The molecule has 0 saturated carbocycles.